The second-order valence-electron chi connectivity index (χ2n) is 4.51. The molecular weight excluding hydrogens is 280 g/mol. The van der Waals surface area contributed by atoms with Crippen molar-refractivity contribution < 1.29 is 17.9 Å². The Balaban J connectivity index is 2.25. The predicted octanol–water partition coefficient (Wildman–Crippen LogP) is 0.593. The molecule has 6 nitrogen and oxygen atoms in total. The summed E-state index contributed by atoms with van der Waals surface area (Å²) in [6, 6.07) is 7.82. The predicted molar refractivity (Wildman–Crippen MR) is 71.5 cm³/mol. The van der Waals surface area contributed by atoms with Crippen LogP contribution in [0, 0.1) is 11.3 Å². The molecule has 2 unspecified atom stereocenters. The van der Waals surface area contributed by atoms with E-state index in [1.54, 1.807) is 0 Å². The summed E-state index contributed by atoms with van der Waals surface area (Å²) in [5, 5.41) is 8.73. The largest absolute Gasteiger partial charge is 0.377 e. The van der Waals surface area contributed by atoms with Crippen molar-refractivity contribution in [2.45, 2.75) is 17.1 Å². The average molecular weight is 296 g/mol. The number of benzene rings is 1. The highest BCUT2D eigenvalue weighted by Crippen LogP contribution is 2.24. The van der Waals surface area contributed by atoms with Crippen LogP contribution >= 0.6 is 0 Å². The number of rotatable bonds is 4. The van der Waals surface area contributed by atoms with Gasteiger partial charge < -0.3 is 9.47 Å². The number of hydrogen-bond acceptors (Lipinski definition) is 5. The number of ether oxygens (including phenoxy) is 2. The molecule has 0 bridgehead atoms. The maximum absolute atomic E-state index is 12.5. The molecule has 1 fully saturated rings. The van der Waals surface area contributed by atoms with Gasteiger partial charge in [0.1, 0.15) is 0 Å². The smallest absolute Gasteiger partial charge is 0.243 e. The molecule has 20 heavy (non-hydrogen) atoms. The van der Waals surface area contributed by atoms with Crippen molar-refractivity contribution >= 4 is 10.0 Å². The summed E-state index contributed by atoms with van der Waals surface area (Å²) in [5.41, 5.74) is 0.426. The van der Waals surface area contributed by atoms with Crippen molar-refractivity contribution in [1.82, 2.24) is 4.31 Å². The molecule has 1 aromatic rings. The minimum absolute atomic E-state index is 0.170. The summed E-state index contributed by atoms with van der Waals surface area (Å²) in [4.78, 5) is 0.170. The second-order valence-corrected chi connectivity index (χ2v) is 6.44. The highest BCUT2D eigenvalue weighted by molar-refractivity contribution is 7.89. The summed E-state index contributed by atoms with van der Waals surface area (Å²) in [6.45, 7) is 0.523. The third-order valence-electron chi connectivity index (χ3n) is 3.41. The number of sulfonamides is 1. The van der Waals surface area contributed by atoms with E-state index in [1.807, 2.05) is 6.07 Å². The van der Waals surface area contributed by atoms with Gasteiger partial charge in [-0.15, -0.1) is 0 Å². The van der Waals surface area contributed by atoms with E-state index in [0.29, 0.717) is 5.56 Å². The van der Waals surface area contributed by atoms with Gasteiger partial charge in [0.15, 0.2) is 0 Å². The highest BCUT2D eigenvalue weighted by Gasteiger charge is 2.39. The fourth-order valence-electron chi connectivity index (χ4n) is 2.21. The van der Waals surface area contributed by atoms with Gasteiger partial charge in [0.2, 0.25) is 10.0 Å². The van der Waals surface area contributed by atoms with E-state index in [1.165, 1.54) is 42.8 Å². The molecule has 0 saturated carbocycles. The van der Waals surface area contributed by atoms with Gasteiger partial charge in [0.25, 0.3) is 0 Å². The van der Waals surface area contributed by atoms with Crippen LogP contribution in [0.4, 0.5) is 0 Å². The van der Waals surface area contributed by atoms with Gasteiger partial charge in [-0.3, -0.25) is 0 Å². The van der Waals surface area contributed by atoms with Crippen LogP contribution in [0.25, 0.3) is 0 Å². The van der Waals surface area contributed by atoms with E-state index >= 15 is 0 Å². The van der Waals surface area contributed by atoms with Crippen LogP contribution < -0.4 is 0 Å². The zero-order chi connectivity index (χ0) is 14.8. The average Bonchev–Trinajstić information content (AvgIpc) is 2.91. The summed E-state index contributed by atoms with van der Waals surface area (Å²) in [5.74, 6) is 0. The number of hydrogen-bond donors (Lipinski definition) is 0. The molecule has 0 spiro atoms. The van der Waals surface area contributed by atoms with Crippen LogP contribution in [0.15, 0.2) is 29.2 Å². The van der Waals surface area contributed by atoms with Gasteiger partial charge in [-0.1, -0.05) is 0 Å². The highest BCUT2D eigenvalue weighted by atomic mass is 32.2. The molecule has 108 valence electrons. The normalized spacial score (nSPS) is 23.6. The Kier molecular flexibility index (Phi) is 4.40. The summed E-state index contributed by atoms with van der Waals surface area (Å²) in [7, 11) is -0.513. The van der Waals surface area contributed by atoms with Crippen molar-refractivity contribution in [2.24, 2.45) is 0 Å². The van der Waals surface area contributed by atoms with Crippen LogP contribution in [0.1, 0.15) is 5.56 Å². The molecule has 1 aliphatic rings. The number of methoxy groups -OCH3 is 2. The molecule has 1 heterocycles. The van der Waals surface area contributed by atoms with E-state index in [4.69, 9.17) is 14.7 Å². The SMILES string of the molecule is COC1CN(S(=O)(=O)c2ccc(C#N)cc2)CC1OC. The first-order valence-corrected chi connectivity index (χ1v) is 7.53. The molecule has 2 rings (SSSR count). The van der Waals surface area contributed by atoms with Crippen molar-refractivity contribution in [2.75, 3.05) is 27.3 Å². The first-order valence-electron chi connectivity index (χ1n) is 6.09. The standard InChI is InChI=1S/C13H16N2O4S/c1-18-12-8-15(9-13(12)19-2)20(16,17)11-5-3-10(7-14)4-6-11/h3-6,12-13H,8-9H2,1-2H3. The van der Waals surface area contributed by atoms with Gasteiger partial charge in [0.05, 0.1) is 28.7 Å². The van der Waals surface area contributed by atoms with E-state index in [2.05, 4.69) is 0 Å². The molecule has 0 amide bonds. The van der Waals surface area contributed by atoms with Crippen molar-refractivity contribution in [1.29, 1.82) is 5.26 Å². The van der Waals surface area contributed by atoms with E-state index in [0.717, 1.165) is 0 Å². The van der Waals surface area contributed by atoms with Gasteiger partial charge in [-0.2, -0.15) is 9.57 Å². The van der Waals surface area contributed by atoms with Crippen LogP contribution in [-0.4, -0.2) is 52.2 Å². The second kappa shape index (κ2) is 5.89. The zero-order valence-electron chi connectivity index (χ0n) is 11.3. The van der Waals surface area contributed by atoms with Crippen LogP contribution in [0.5, 0.6) is 0 Å². The first-order chi connectivity index (χ1) is 9.52. The van der Waals surface area contributed by atoms with Crippen molar-refractivity contribution in [3.63, 3.8) is 0 Å². The lowest BCUT2D eigenvalue weighted by molar-refractivity contribution is -0.00461. The third kappa shape index (κ3) is 2.69. The Bertz CT molecular complexity index is 594. The van der Waals surface area contributed by atoms with Gasteiger partial charge in [-0.05, 0) is 24.3 Å². The molecule has 1 saturated heterocycles. The van der Waals surface area contributed by atoms with Crippen molar-refractivity contribution in [3.8, 4) is 6.07 Å². The molecule has 0 radical (unpaired) electrons. The molecule has 7 heteroatoms. The lowest BCUT2D eigenvalue weighted by Crippen LogP contribution is -2.30. The maximum atomic E-state index is 12.5. The summed E-state index contributed by atoms with van der Waals surface area (Å²) >= 11 is 0. The minimum atomic E-state index is -3.59. The molecule has 2 atom stereocenters. The van der Waals surface area contributed by atoms with E-state index in [-0.39, 0.29) is 30.2 Å². The van der Waals surface area contributed by atoms with Crippen molar-refractivity contribution in [3.05, 3.63) is 29.8 Å². The van der Waals surface area contributed by atoms with Gasteiger partial charge in [0, 0.05) is 27.3 Å². The van der Waals surface area contributed by atoms with Gasteiger partial charge in [-0.25, -0.2) is 8.42 Å². The maximum Gasteiger partial charge on any atom is 0.243 e. The fraction of sp³-hybridized carbons (Fsp3) is 0.462. The molecule has 0 N–H and O–H groups in total. The fourth-order valence-corrected chi connectivity index (χ4v) is 3.67. The minimum Gasteiger partial charge on any atom is -0.377 e. The lowest BCUT2D eigenvalue weighted by atomic mass is 10.2. The quantitative estimate of drug-likeness (QED) is 0.812. The first kappa shape index (κ1) is 14.9. The summed E-state index contributed by atoms with van der Waals surface area (Å²) < 4.78 is 36.8. The number of nitriles is 1. The Morgan fingerprint density at radius 3 is 2.05 bits per heavy atom. The Morgan fingerprint density at radius 1 is 1.15 bits per heavy atom. The lowest BCUT2D eigenvalue weighted by Gasteiger charge is -2.15. The van der Waals surface area contributed by atoms with Gasteiger partial charge >= 0.3 is 0 Å². The van der Waals surface area contributed by atoms with Crippen LogP contribution in [0.2, 0.25) is 0 Å². The number of nitrogens with zero attached hydrogens (tertiary/aromatic N) is 2. The van der Waals surface area contributed by atoms with Crippen LogP contribution in [-0.2, 0) is 19.5 Å². The Hall–Kier alpha value is -1.46. The third-order valence-corrected chi connectivity index (χ3v) is 5.25. The molecule has 1 aliphatic heterocycles. The Labute approximate surface area is 118 Å². The summed E-state index contributed by atoms with van der Waals surface area (Å²) in [6.07, 6.45) is -0.540. The molecule has 0 aliphatic carbocycles. The molecular formula is C13H16N2O4S. The van der Waals surface area contributed by atoms with E-state index in [9.17, 15) is 8.42 Å². The molecule has 0 aromatic heterocycles. The van der Waals surface area contributed by atoms with Crippen LogP contribution in [0.3, 0.4) is 0 Å². The Morgan fingerprint density at radius 2 is 1.65 bits per heavy atom. The topological polar surface area (TPSA) is 79.6 Å². The van der Waals surface area contributed by atoms with E-state index < -0.39 is 10.0 Å². The zero-order valence-corrected chi connectivity index (χ0v) is 12.1. The monoisotopic (exact) mass is 296 g/mol. The molecule has 1 aromatic carbocycles.